The lowest BCUT2D eigenvalue weighted by Gasteiger charge is -2.19. The third-order valence-corrected chi connectivity index (χ3v) is 6.18. The number of carbonyl (C=O) groups is 2. The highest BCUT2D eigenvalue weighted by molar-refractivity contribution is 5.87. The Bertz CT molecular complexity index is 971. The van der Waals surface area contributed by atoms with Crippen LogP contribution in [-0.2, 0) is 36.6 Å². The Labute approximate surface area is 220 Å². The lowest BCUT2D eigenvalue weighted by atomic mass is 9.99. The van der Waals surface area contributed by atoms with Crippen LogP contribution < -0.4 is 0 Å². The van der Waals surface area contributed by atoms with E-state index in [1.54, 1.807) is 6.92 Å². The summed E-state index contributed by atoms with van der Waals surface area (Å²) in [5.74, 6) is -1.81. The number of aromatic nitrogens is 1. The average molecular weight is 512 g/mol. The second kappa shape index (κ2) is 16.7. The fourth-order valence-electron chi connectivity index (χ4n) is 3.70. The smallest absolute Gasteiger partial charge is 0.335 e. The number of esters is 2. The van der Waals surface area contributed by atoms with E-state index < -0.39 is 17.9 Å². The Hall–Kier alpha value is -3.03. The van der Waals surface area contributed by atoms with Crippen molar-refractivity contribution in [3.63, 3.8) is 0 Å². The first kappa shape index (κ1) is 30.2. The molecule has 0 aliphatic heterocycles. The molecule has 0 radical (unpaired) electrons. The number of rotatable bonds is 17. The van der Waals surface area contributed by atoms with Crippen LogP contribution in [0.3, 0.4) is 0 Å². The highest BCUT2D eigenvalue weighted by atomic mass is 16.5. The van der Waals surface area contributed by atoms with Crippen LogP contribution in [-0.4, -0.2) is 55.6 Å². The molecule has 0 amide bonds. The molecule has 0 saturated heterocycles. The fraction of sp³-hybridized carbons (Fsp3) is 0.500. The van der Waals surface area contributed by atoms with Crippen molar-refractivity contribution in [3.8, 4) is 11.3 Å². The minimum Gasteiger partial charge on any atom is -0.465 e. The maximum Gasteiger partial charge on any atom is 0.335 e. The van der Waals surface area contributed by atoms with Gasteiger partial charge in [0.2, 0.25) is 0 Å². The van der Waals surface area contributed by atoms with Crippen molar-refractivity contribution in [2.24, 2.45) is 11.8 Å². The van der Waals surface area contributed by atoms with Gasteiger partial charge in [-0.1, -0.05) is 56.7 Å². The maximum absolute atomic E-state index is 12.1. The highest BCUT2D eigenvalue weighted by Gasteiger charge is 2.19. The number of aliphatic hydroxyl groups excluding tert-OH is 1. The lowest BCUT2D eigenvalue weighted by Crippen LogP contribution is -2.25. The van der Waals surface area contributed by atoms with Gasteiger partial charge < -0.3 is 19.3 Å². The molecule has 202 valence electrons. The minimum atomic E-state index is -0.601. The Balaban J connectivity index is 1.95. The number of carbonyl (C=O) groups excluding carboxylic acids is 2. The van der Waals surface area contributed by atoms with Crippen molar-refractivity contribution in [2.75, 3.05) is 33.5 Å². The molecule has 1 aromatic carbocycles. The molecule has 1 aromatic heterocycles. The largest absolute Gasteiger partial charge is 0.465 e. The van der Waals surface area contributed by atoms with E-state index in [2.05, 4.69) is 54.9 Å². The van der Waals surface area contributed by atoms with E-state index in [1.165, 1.54) is 31.9 Å². The molecule has 2 aromatic rings. The molecule has 0 spiro atoms. The van der Waals surface area contributed by atoms with Gasteiger partial charge in [0.05, 0.1) is 43.6 Å². The third kappa shape index (κ3) is 10.9. The molecule has 7 nitrogen and oxygen atoms in total. The van der Waals surface area contributed by atoms with Gasteiger partial charge in [-0.3, -0.25) is 9.78 Å². The van der Waals surface area contributed by atoms with Gasteiger partial charge in [0, 0.05) is 24.8 Å². The first-order chi connectivity index (χ1) is 17.9. The molecule has 0 fully saturated rings. The van der Waals surface area contributed by atoms with Gasteiger partial charge in [-0.25, -0.2) is 4.79 Å². The summed E-state index contributed by atoms with van der Waals surface area (Å²) in [5.41, 5.74) is 4.61. The van der Waals surface area contributed by atoms with E-state index in [0.29, 0.717) is 6.42 Å². The summed E-state index contributed by atoms with van der Waals surface area (Å²) in [7, 11) is 1.48. The SMILES string of the molecule is C=C(COC)C(=O)OCC(CCc1ccc(-c2ccc(CCCCC)cn2)cc1)COC(=O)C(C)CO. The van der Waals surface area contributed by atoms with Crippen LogP contribution in [0.2, 0.25) is 0 Å². The number of nitrogens with zero attached hydrogens (tertiary/aromatic N) is 1. The number of pyridine rings is 1. The molecular weight excluding hydrogens is 470 g/mol. The second-order valence-corrected chi connectivity index (χ2v) is 9.46. The second-order valence-electron chi connectivity index (χ2n) is 9.46. The first-order valence-corrected chi connectivity index (χ1v) is 13.0. The Kier molecular flexibility index (Phi) is 13.6. The average Bonchev–Trinajstić information content (AvgIpc) is 2.92. The van der Waals surface area contributed by atoms with Crippen LogP contribution >= 0.6 is 0 Å². The molecule has 2 rings (SSSR count). The van der Waals surface area contributed by atoms with Gasteiger partial charge in [-0.05, 0) is 49.8 Å². The Morgan fingerprint density at radius 1 is 1.00 bits per heavy atom. The summed E-state index contributed by atoms with van der Waals surface area (Å²) in [6, 6.07) is 12.5. The van der Waals surface area contributed by atoms with E-state index in [0.717, 1.165) is 29.7 Å². The number of benzene rings is 1. The van der Waals surface area contributed by atoms with Gasteiger partial charge in [0.15, 0.2) is 0 Å². The number of aryl methyl sites for hydroxylation is 2. The number of hydrogen-bond acceptors (Lipinski definition) is 7. The molecule has 2 unspecified atom stereocenters. The maximum atomic E-state index is 12.1. The van der Waals surface area contributed by atoms with Crippen molar-refractivity contribution in [1.29, 1.82) is 0 Å². The molecule has 1 heterocycles. The first-order valence-electron chi connectivity index (χ1n) is 13.0. The monoisotopic (exact) mass is 511 g/mol. The quantitative estimate of drug-likeness (QED) is 0.182. The van der Waals surface area contributed by atoms with Gasteiger partial charge in [0.25, 0.3) is 0 Å². The molecule has 7 heteroatoms. The molecule has 0 saturated carbocycles. The Morgan fingerprint density at radius 2 is 1.70 bits per heavy atom. The van der Waals surface area contributed by atoms with Gasteiger partial charge in [-0.15, -0.1) is 0 Å². The number of unbranched alkanes of at least 4 members (excludes halogenated alkanes) is 2. The standard InChI is InChI=1S/C30H41NO6/c1-5-6-7-8-25-13-16-28(31-17-25)27-14-11-24(12-15-27)9-10-26(20-36-29(33)22(2)18-32)21-37-30(34)23(3)19-35-4/h11-17,22,26,32H,3,5-10,18-21H2,1-2,4H3. The summed E-state index contributed by atoms with van der Waals surface area (Å²) in [6.45, 7) is 7.47. The molecule has 37 heavy (non-hydrogen) atoms. The zero-order valence-corrected chi connectivity index (χ0v) is 22.4. The number of aliphatic hydroxyl groups is 1. The van der Waals surface area contributed by atoms with Crippen LogP contribution in [0, 0.1) is 11.8 Å². The summed E-state index contributed by atoms with van der Waals surface area (Å²) in [4.78, 5) is 28.8. The molecule has 2 atom stereocenters. The molecule has 0 bridgehead atoms. The van der Waals surface area contributed by atoms with Crippen molar-refractivity contribution in [2.45, 2.75) is 52.4 Å². The minimum absolute atomic E-state index is 0.0922. The van der Waals surface area contributed by atoms with E-state index in [-0.39, 0.29) is 37.9 Å². The predicted molar refractivity (Wildman–Crippen MR) is 144 cm³/mol. The molecule has 0 aliphatic carbocycles. The van der Waals surface area contributed by atoms with E-state index >= 15 is 0 Å². The van der Waals surface area contributed by atoms with Gasteiger partial charge >= 0.3 is 11.9 Å². The van der Waals surface area contributed by atoms with E-state index in [9.17, 15) is 14.7 Å². The summed E-state index contributed by atoms with van der Waals surface area (Å²) in [6.07, 6.45) is 8.03. The van der Waals surface area contributed by atoms with Crippen LogP contribution in [0.4, 0.5) is 0 Å². The summed E-state index contributed by atoms with van der Waals surface area (Å²) >= 11 is 0. The van der Waals surface area contributed by atoms with Crippen molar-refractivity contribution >= 4 is 11.9 Å². The van der Waals surface area contributed by atoms with Crippen LogP contribution in [0.15, 0.2) is 54.7 Å². The van der Waals surface area contributed by atoms with Crippen LogP contribution in [0.1, 0.15) is 50.7 Å². The summed E-state index contributed by atoms with van der Waals surface area (Å²) < 4.78 is 15.7. The lowest BCUT2D eigenvalue weighted by molar-refractivity contribution is -0.152. The zero-order chi connectivity index (χ0) is 27.0. The van der Waals surface area contributed by atoms with Crippen LogP contribution in [0.5, 0.6) is 0 Å². The molecular formula is C30H41NO6. The number of ether oxygens (including phenoxy) is 3. The third-order valence-electron chi connectivity index (χ3n) is 6.18. The van der Waals surface area contributed by atoms with Crippen molar-refractivity contribution < 1.29 is 28.9 Å². The van der Waals surface area contributed by atoms with E-state index in [4.69, 9.17) is 14.2 Å². The topological polar surface area (TPSA) is 95.0 Å². The number of methoxy groups -OCH3 is 1. The normalized spacial score (nSPS) is 12.5. The van der Waals surface area contributed by atoms with Crippen molar-refractivity contribution in [3.05, 3.63) is 65.9 Å². The van der Waals surface area contributed by atoms with Crippen molar-refractivity contribution in [1.82, 2.24) is 4.98 Å². The van der Waals surface area contributed by atoms with E-state index in [1.807, 2.05) is 6.20 Å². The summed E-state index contributed by atoms with van der Waals surface area (Å²) in [5, 5.41) is 9.18. The van der Waals surface area contributed by atoms with Gasteiger partial charge in [0.1, 0.15) is 0 Å². The predicted octanol–water partition coefficient (Wildman–Crippen LogP) is 4.95. The zero-order valence-electron chi connectivity index (χ0n) is 22.4. The number of hydrogen-bond donors (Lipinski definition) is 1. The fourth-order valence-corrected chi connectivity index (χ4v) is 3.70. The van der Waals surface area contributed by atoms with Crippen LogP contribution in [0.25, 0.3) is 11.3 Å². The highest BCUT2D eigenvalue weighted by Crippen LogP contribution is 2.20. The van der Waals surface area contributed by atoms with Gasteiger partial charge in [-0.2, -0.15) is 0 Å². The molecule has 0 aliphatic rings. The molecule has 1 N–H and O–H groups in total. The Morgan fingerprint density at radius 3 is 2.32 bits per heavy atom.